The van der Waals surface area contributed by atoms with Crippen molar-refractivity contribution in [3.05, 3.63) is 95.6 Å². The highest BCUT2D eigenvalue weighted by molar-refractivity contribution is 6.06. The fourth-order valence-corrected chi connectivity index (χ4v) is 5.15. The lowest BCUT2D eigenvalue weighted by Gasteiger charge is -2.38. The minimum atomic E-state index is 0.00965. The first kappa shape index (κ1) is 21.1. The number of allylic oxidation sites excluding steroid dienone is 2. The third kappa shape index (κ3) is 3.74. The molecule has 5 rings (SSSR count). The molecule has 0 saturated carbocycles. The Hall–Kier alpha value is -3.73. The Morgan fingerprint density at radius 2 is 1.94 bits per heavy atom. The van der Waals surface area contributed by atoms with E-state index in [-0.39, 0.29) is 23.6 Å². The number of rotatable bonds is 5. The summed E-state index contributed by atoms with van der Waals surface area (Å²) < 4.78 is 5.33. The van der Waals surface area contributed by atoms with E-state index in [2.05, 4.69) is 23.5 Å². The number of nitrogens with one attached hydrogen (secondary N) is 1. The van der Waals surface area contributed by atoms with E-state index in [4.69, 9.17) is 4.74 Å². The van der Waals surface area contributed by atoms with Gasteiger partial charge in [-0.2, -0.15) is 0 Å². The first-order chi connectivity index (χ1) is 16.1. The van der Waals surface area contributed by atoms with Crippen molar-refractivity contribution in [2.75, 3.05) is 23.9 Å². The Balaban J connectivity index is 1.48. The maximum Gasteiger partial charge on any atom is 0.258 e. The molecule has 0 saturated heterocycles. The number of methoxy groups -OCH3 is 1. The second-order valence-electron chi connectivity index (χ2n) is 8.59. The normalized spacial score (nSPS) is 20.5. The van der Waals surface area contributed by atoms with Gasteiger partial charge in [0.05, 0.1) is 13.2 Å². The lowest BCUT2D eigenvalue weighted by atomic mass is 9.76. The fourth-order valence-electron chi connectivity index (χ4n) is 5.15. The van der Waals surface area contributed by atoms with Crippen molar-refractivity contribution < 1.29 is 14.6 Å². The Kier molecular flexibility index (Phi) is 5.55. The van der Waals surface area contributed by atoms with Crippen LogP contribution in [0.5, 0.6) is 11.5 Å². The number of ether oxygens (including phenoxy) is 1. The largest absolute Gasteiger partial charge is 0.504 e. The molecule has 3 aromatic carbocycles. The summed E-state index contributed by atoms with van der Waals surface area (Å²) in [6.45, 7) is 2.60. The van der Waals surface area contributed by atoms with Gasteiger partial charge in [-0.05, 0) is 72.9 Å². The molecule has 1 aliphatic heterocycles. The zero-order valence-corrected chi connectivity index (χ0v) is 18.9. The second-order valence-corrected chi connectivity index (χ2v) is 8.59. The molecule has 0 aromatic heterocycles. The predicted molar refractivity (Wildman–Crippen MR) is 131 cm³/mol. The standard InChI is InChI=1S/C28H28N2O3/c1-3-30(20-8-5-4-6-9-20)28(32)19-12-14-24-23(16-19)21-10-7-11-22(21)27(29-24)18-13-15-25(31)26(17-18)33-2/h4-10,12-17,21-22,27,29,31H,3,11H2,1-2H3. The molecule has 168 valence electrons. The van der Waals surface area contributed by atoms with Crippen molar-refractivity contribution in [1.82, 2.24) is 0 Å². The van der Waals surface area contributed by atoms with E-state index in [0.717, 1.165) is 28.9 Å². The highest BCUT2D eigenvalue weighted by Crippen LogP contribution is 2.50. The van der Waals surface area contributed by atoms with Gasteiger partial charge in [-0.15, -0.1) is 0 Å². The molecule has 0 fully saturated rings. The van der Waals surface area contributed by atoms with Crippen LogP contribution in [-0.4, -0.2) is 24.7 Å². The van der Waals surface area contributed by atoms with Gasteiger partial charge < -0.3 is 20.1 Å². The smallest absolute Gasteiger partial charge is 0.258 e. The number of para-hydroxylation sites is 1. The van der Waals surface area contributed by atoms with E-state index in [1.54, 1.807) is 13.2 Å². The molecule has 33 heavy (non-hydrogen) atoms. The molecule has 3 atom stereocenters. The van der Waals surface area contributed by atoms with E-state index in [0.29, 0.717) is 23.8 Å². The lowest BCUT2D eigenvalue weighted by molar-refractivity contribution is 0.0988. The van der Waals surface area contributed by atoms with Gasteiger partial charge in [-0.1, -0.05) is 36.4 Å². The highest BCUT2D eigenvalue weighted by Gasteiger charge is 2.38. The van der Waals surface area contributed by atoms with Gasteiger partial charge in [0, 0.05) is 29.4 Å². The number of nitrogens with zero attached hydrogens (tertiary/aromatic N) is 1. The van der Waals surface area contributed by atoms with Gasteiger partial charge in [0.2, 0.25) is 0 Å². The average molecular weight is 441 g/mol. The average Bonchev–Trinajstić information content (AvgIpc) is 3.35. The maximum absolute atomic E-state index is 13.4. The molecule has 1 amide bonds. The number of amides is 1. The fraction of sp³-hybridized carbons (Fsp3) is 0.250. The molecule has 3 aromatic rings. The summed E-state index contributed by atoms with van der Waals surface area (Å²) in [5, 5.41) is 13.7. The van der Waals surface area contributed by atoms with E-state index in [1.807, 2.05) is 66.4 Å². The minimum absolute atomic E-state index is 0.00965. The van der Waals surface area contributed by atoms with Crippen LogP contribution in [0.1, 0.15) is 46.8 Å². The number of carbonyl (C=O) groups excluding carboxylic acids is 1. The molecule has 0 bridgehead atoms. The minimum Gasteiger partial charge on any atom is -0.504 e. The number of fused-ring (bicyclic) bond motifs is 3. The van der Waals surface area contributed by atoms with Crippen molar-refractivity contribution in [2.24, 2.45) is 5.92 Å². The SMILES string of the molecule is CCN(C(=O)c1ccc2c(c1)C1C=CCC1C(c1ccc(O)c(OC)c1)N2)c1ccccc1. The van der Waals surface area contributed by atoms with E-state index < -0.39 is 0 Å². The third-order valence-electron chi connectivity index (χ3n) is 6.80. The molecule has 0 radical (unpaired) electrons. The van der Waals surface area contributed by atoms with Crippen LogP contribution in [0.2, 0.25) is 0 Å². The van der Waals surface area contributed by atoms with Gasteiger partial charge in [0.15, 0.2) is 11.5 Å². The number of phenols is 1. The Morgan fingerprint density at radius 3 is 2.70 bits per heavy atom. The van der Waals surface area contributed by atoms with Gasteiger partial charge in [0.1, 0.15) is 0 Å². The third-order valence-corrected chi connectivity index (χ3v) is 6.80. The van der Waals surface area contributed by atoms with Crippen LogP contribution in [0.4, 0.5) is 11.4 Å². The number of phenolic OH excluding ortho intramolecular Hbond substituents is 1. The summed E-state index contributed by atoms with van der Waals surface area (Å²) in [7, 11) is 1.57. The van der Waals surface area contributed by atoms with Crippen molar-refractivity contribution in [2.45, 2.75) is 25.3 Å². The number of carbonyl (C=O) groups is 1. The summed E-state index contributed by atoms with van der Waals surface area (Å²) in [5.74, 6) is 1.18. The molecular formula is C28H28N2O3. The van der Waals surface area contributed by atoms with Gasteiger partial charge in [-0.25, -0.2) is 0 Å². The zero-order valence-electron chi connectivity index (χ0n) is 18.9. The molecule has 0 spiro atoms. The zero-order chi connectivity index (χ0) is 22.9. The number of anilines is 2. The number of benzene rings is 3. The van der Waals surface area contributed by atoms with Crippen LogP contribution < -0.4 is 15.0 Å². The number of hydrogen-bond acceptors (Lipinski definition) is 4. The topological polar surface area (TPSA) is 61.8 Å². The van der Waals surface area contributed by atoms with Crippen molar-refractivity contribution in [3.63, 3.8) is 0 Å². The molecule has 2 aliphatic rings. The quantitative estimate of drug-likeness (QED) is 0.486. The molecule has 1 heterocycles. The van der Waals surface area contributed by atoms with Crippen LogP contribution in [0.25, 0.3) is 0 Å². The maximum atomic E-state index is 13.4. The van der Waals surface area contributed by atoms with Gasteiger partial charge in [0.25, 0.3) is 5.91 Å². The Morgan fingerprint density at radius 1 is 1.12 bits per heavy atom. The van der Waals surface area contributed by atoms with Crippen LogP contribution in [0.15, 0.2) is 78.9 Å². The Bertz CT molecular complexity index is 1210. The molecular weight excluding hydrogens is 412 g/mol. The molecule has 1 aliphatic carbocycles. The summed E-state index contributed by atoms with van der Waals surface area (Å²) in [4.78, 5) is 15.2. The highest BCUT2D eigenvalue weighted by atomic mass is 16.5. The van der Waals surface area contributed by atoms with E-state index >= 15 is 0 Å². The van der Waals surface area contributed by atoms with Crippen molar-refractivity contribution >= 4 is 17.3 Å². The summed E-state index contributed by atoms with van der Waals surface area (Å²) in [6.07, 6.45) is 5.44. The molecule has 2 N–H and O–H groups in total. The second kappa shape index (κ2) is 8.66. The first-order valence-corrected chi connectivity index (χ1v) is 11.4. The van der Waals surface area contributed by atoms with Gasteiger partial charge in [-0.3, -0.25) is 4.79 Å². The van der Waals surface area contributed by atoms with E-state index in [1.165, 1.54) is 0 Å². The first-order valence-electron chi connectivity index (χ1n) is 11.4. The molecule has 3 unspecified atom stereocenters. The van der Waals surface area contributed by atoms with Crippen molar-refractivity contribution in [1.29, 1.82) is 0 Å². The summed E-state index contributed by atoms with van der Waals surface area (Å²) in [5.41, 5.74) is 4.88. The van der Waals surface area contributed by atoms with Gasteiger partial charge >= 0.3 is 0 Å². The molecule has 5 nitrogen and oxygen atoms in total. The lowest BCUT2D eigenvalue weighted by Crippen LogP contribution is -2.32. The van der Waals surface area contributed by atoms with Crippen molar-refractivity contribution in [3.8, 4) is 11.5 Å². The summed E-state index contributed by atoms with van der Waals surface area (Å²) >= 11 is 0. The number of aromatic hydroxyl groups is 1. The Labute approximate surface area is 194 Å². The molecule has 5 heteroatoms. The predicted octanol–water partition coefficient (Wildman–Crippen LogP) is 5.89. The van der Waals surface area contributed by atoms with Crippen LogP contribution in [-0.2, 0) is 0 Å². The summed E-state index contributed by atoms with van der Waals surface area (Å²) in [6, 6.07) is 21.4. The van der Waals surface area contributed by atoms with Crippen LogP contribution in [0.3, 0.4) is 0 Å². The van der Waals surface area contributed by atoms with Crippen LogP contribution in [0, 0.1) is 5.92 Å². The van der Waals surface area contributed by atoms with E-state index in [9.17, 15) is 9.90 Å². The van der Waals surface area contributed by atoms with Crippen LogP contribution >= 0.6 is 0 Å². The monoisotopic (exact) mass is 440 g/mol. The number of hydrogen-bond donors (Lipinski definition) is 2.